The van der Waals surface area contributed by atoms with E-state index in [1.165, 1.54) is 0 Å². The van der Waals surface area contributed by atoms with Gasteiger partial charge in [0.1, 0.15) is 16.2 Å². The van der Waals surface area contributed by atoms with Crippen molar-refractivity contribution in [2.75, 3.05) is 0 Å². The van der Waals surface area contributed by atoms with Gasteiger partial charge in [-0.25, -0.2) is 19.9 Å². The monoisotopic (exact) mass is 608 g/mol. The van der Waals surface area contributed by atoms with Crippen molar-refractivity contribution in [3.63, 3.8) is 0 Å². The lowest BCUT2D eigenvalue weighted by atomic mass is 10.0. The van der Waals surface area contributed by atoms with Gasteiger partial charge in [0.05, 0.1) is 10.2 Å². The molecule has 0 spiro atoms. The molecular formula is C40H24N4OS. The minimum atomic E-state index is 0.612. The van der Waals surface area contributed by atoms with Gasteiger partial charge in [-0.1, -0.05) is 121 Å². The predicted molar refractivity (Wildman–Crippen MR) is 187 cm³/mol. The quantitative estimate of drug-likeness (QED) is 0.194. The van der Waals surface area contributed by atoms with E-state index in [0.717, 1.165) is 70.5 Å². The van der Waals surface area contributed by atoms with E-state index in [-0.39, 0.29) is 0 Å². The molecular weight excluding hydrogens is 585 g/mol. The van der Waals surface area contributed by atoms with E-state index in [9.17, 15) is 0 Å². The zero-order valence-electron chi connectivity index (χ0n) is 24.5. The van der Waals surface area contributed by atoms with Crippen LogP contribution in [0.4, 0.5) is 0 Å². The molecule has 0 radical (unpaired) electrons. The van der Waals surface area contributed by atoms with Crippen LogP contribution >= 0.6 is 11.3 Å². The van der Waals surface area contributed by atoms with Gasteiger partial charge in [-0.2, -0.15) is 0 Å². The van der Waals surface area contributed by atoms with Gasteiger partial charge in [-0.3, -0.25) is 0 Å². The van der Waals surface area contributed by atoms with Crippen molar-refractivity contribution >= 4 is 43.5 Å². The van der Waals surface area contributed by atoms with Crippen molar-refractivity contribution in [1.29, 1.82) is 0 Å². The van der Waals surface area contributed by atoms with Crippen LogP contribution in [0.15, 0.2) is 150 Å². The number of fused-ring (bicyclic) bond motifs is 4. The number of benzene rings is 6. The number of rotatable bonds is 5. The number of furan rings is 1. The van der Waals surface area contributed by atoms with Crippen LogP contribution in [-0.2, 0) is 0 Å². The summed E-state index contributed by atoms with van der Waals surface area (Å²) < 4.78 is 7.72. The Morgan fingerprint density at radius 3 is 1.70 bits per heavy atom. The first-order valence-electron chi connectivity index (χ1n) is 15.1. The SMILES string of the molecule is c1ccc(-c2nc(-c3ccccc3)nc(-c3ccc4oc5c(-c6cccc7sc(-c8ccccc8)nc67)cccc5c4c3)n2)cc1. The van der Waals surface area contributed by atoms with Gasteiger partial charge in [-0.05, 0) is 24.3 Å². The molecule has 3 aromatic heterocycles. The molecule has 6 heteroatoms. The smallest absolute Gasteiger partial charge is 0.164 e. The molecule has 0 aliphatic rings. The fraction of sp³-hybridized carbons (Fsp3) is 0. The van der Waals surface area contributed by atoms with Crippen molar-refractivity contribution < 1.29 is 4.42 Å². The van der Waals surface area contributed by atoms with Gasteiger partial charge in [0, 0.05) is 44.2 Å². The molecule has 0 saturated carbocycles. The van der Waals surface area contributed by atoms with Gasteiger partial charge in [-0.15, -0.1) is 11.3 Å². The molecule has 0 N–H and O–H groups in total. The molecule has 0 atom stereocenters. The first-order valence-corrected chi connectivity index (χ1v) is 15.9. The number of thiazole rings is 1. The van der Waals surface area contributed by atoms with Crippen LogP contribution in [0.25, 0.3) is 88.0 Å². The Labute approximate surface area is 268 Å². The Morgan fingerprint density at radius 1 is 0.435 bits per heavy atom. The van der Waals surface area contributed by atoms with Crippen molar-refractivity contribution in [1.82, 2.24) is 19.9 Å². The normalized spacial score (nSPS) is 11.5. The standard InChI is InChI=1S/C40H24N4OS/c1-4-12-25(13-5-1)37-42-38(26-14-6-2-7-15-26)44-39(43-37)28-22-23-33-32(24-28)31-20-10-19-30(36(31)45-33)29-18-11-21-34-35(29)41-40(46-34)27-16-8-3-9-17-27/h1-24H. The highest BCUT2D eigenvalue weighted by Gasteiger charge is 2.18. The molecule has 0 bridgehead atoms. The lowest BCUT2D eigenvalue weighted by Crippen LogP contribution is -2.00. The molecule has 3 heterocycles. The number of hydrogen-bond acceptors (Lipinski definition) is 6. The lowest BCUT2D eigenvalue weighted by Gasteiger charge is -2.08. The molecule has 0 aliphatic heterocycles. The number of hydrogen-bond donors (Lipinski definition) is 0. The van der Waals surface area contributed by atoms with E-state index < -0.39 is 0 Å². The molecule has 6 aromatic carbocycles. The molecule has 0 aliphatic carbocycles. The first kappa shape index (κ1) is 26.4. The van der Waals surface area contributed by atoms with E-state index in [1.807, 2.05) is 91.0 Å². The van der Waals surface area contributed by atoms with Gasteiger partial charge in [0.25, 0.3) is 0 Å². The summed E-state index contributed by atoms with van der Waals surface area (Å²) in [5.41, 5.74) is 8.59. The Kier molecular flexibility index (Phi) is 6.25. The fourth-order valence-electron chi connectivity index (χ4n) is 5.96. The fourth-order valence-corrected chi connectivity index (χ4v) is 6.96. The maximum Gasteiger partial charge on any atom is 0.164 e. The summed E-state index contributed by atoms with van der Waals surface area (Å²) in [7, 11) is 0. The third-order valence-electron chi connectivity index (χ3n) is 8.18. The van der Waals surface area contributed by atoms with Crippen LogP contribution < -0.4 is 0 Å². The highest BCUT2D eigenvalue weighted by Crippen LogP contribution is 2.41. The van der Waals surface area contributed by atoms with Crippen LogP contribution in [-0.4, -0.2) is 19.9 Å². The Morgan fingerprint density at radius 2 is 1.02 bits per heavy atom. The maximum atomic E-state index is 6.58. The van der Waals surface area contributed by atoms with E-state index >= 15 is 0 Å². The minimum absolute atomic E-state index is 0.612. The van der Waals surface area contributed by atoms with Crippen LogP contribution in [0.5, 0.6) is 0 Å². The number of para-hydroxylation sites is 2. The zero-order chi connectivity index (χ0) is 30.5. The molecule has 0 fully saturated rings. The summed E-state index contributed by atoms with van der Waals surface area (Å²) >= 11 is 1.71. The molecule has 0 saturated heterocycles. The van der Waals surface area contributed by atoms with Crippen LogP contribution in [0.3, 0.4) is 0 Å². The largest absolute Gasteiger partial charge is 0.455 e. The number of aromatic nitrogens is 4. The van der Waals surface area contributed by atoms with Crippen LogP contribution in [0, 0.1) is 0 Å². The molecule has 5 nitrogen and oxygen atoms in total. The average Bonchev–Trinajstić information content (AvgIpc) is 3.74. The highest BCUT2D eigenvalue weighted by atomic mass is 32.1. The van der Waals surface area contributed by atoms with E-state index in [2.05, 4.69) is 54.6 Å². The number of nitrogens with zero attached hydrogens (tertiary/aromatic N) is 4. The average molecular weight is 609 g/mol. The second kappa shape index (κ2) is 10.9. The second-order valence-corrected chi connectivity index (χ2v) is 12.1. The zero-order valence-corrected chi connectivity index (χ0v) is 25.3. The summed E-state index contributed by atoms with van der Waals surface area (Å²) in [6.45, 7) is 0. The van der Waals surface area contributed by atoms with Crippen molar-refractivity contribution in [2.24, 2.45) is 0 Å². The molecule has 0 amide bonds. The molecule has 46 heavy (non-hydrogen) atoms. The topological polar surface area (TPSA) is 64.7 Å². The molecule has 9 aromatic rings. The van der Waals surface area contributed by atoms with E-state index in [4.69, 9.17) is 24.4 Å². The highest BCUT2D eigenvalue weighted by molar-refractivity contribution is 7.21. The Balaban J connectivity index is 1.20. The summed E-state index contributed by atoms with van der Waals surface area (Å²) in [5.74, 6) is 1.88. The van der Waals surface area contributed by atoms with E-state index in [0.29, 0.717) is 17.5 Å². The van der Waals surface area contributed by atoms with Crippen molar-refractivity contribution in [3.05, 3.63) is 146 Å². The van der Waals surface area contributed by atoms with Gasteiger partial charge >= 0.3 is 0 Å². The maximum absolute atomic E-state index is 6.58. The summed E-state index contributed by atoms with van der Waals surface area (Å²) in [5, 5.41) is 3.05. The van der Waals surface area contributed by atoms with Gasteiger partial charge in [0.2, 0.25) is 0 Å². The van der Waals surface area contributed by atoms with Crippen molar-refractivity contribution in [3.8, 4) is 55.9 Å². The van der Waals surface area contributed by atoms with Crippen LogP contribution in [0.1, 0.15) is 0 Å². The van der Waals surface area contributed by atoms with Crippen LogP contribution in [0.2, 0.25) is 0 Å². The summed E-state index contributed by atoms with van der Waals surface area (Å²) in [4.78, 5) is 19.8. The Bertz CT molecular complexity index is 2470. The summed E-state index contributed by atoms with van der Waals surface area (Å²) in [6, 6.07) is 49.2. The lowest BCUT2D eigenvalue weighted by molar-refractivity contribution is 0.670. The minimum Gasteiger partial charge on any atom is -0.455 e. The predicted octanol–water partition coefficient (Wildman–Crippen LogP) is 10.7. The second-order valence-electron chi connectivity index (χ2n) is 11.1. The van der Waals surface area contributed by atoms with E-state index in [1.54, 1.807) is 11.3 Å². The molecule has 216 valence electrons. The molecule has 9 rings (SSSR count). The van der Waals surface area contributed by atoms with Crippen molar-refractivity contribution in [2.45, 2.75) is 0 Å². The first-order chi connectivity index (χ1) is 22.8. The third-order valence-corrected chi connectivity index (χ3v) is 9.25. The van der Waals surface area contributed by atoms with Gasteiger partial charge < -0.3 is 4.42 Å². The Hall–Kier alpha value is -5.98. The summed E-state index contributed by atoms with van der Waals surface area (Å²) in [6.07, 6.45) is 0. The van der Waals surface area contributed by atoms with Gasteiger partial charge in [0.15, 0.2) is 17.5 Å². The molecule has 0 unspecified atom stereocenters. The third kappa shape index (κ3) is 4.55.